The molecule has 0 radical (unpaired) electrons. The van der Waals surface area contributed by atoms with Gasteiger partial charge in [0.25, 0.3) is 0 Å². The fraction of sp³-hybridized carbons (Fsp3) is 0.545. The van der Waals surface area contributed by atoms with Crippen LogP contribution in [0, 0.1) is 0 Å². The van der Waals surface area contributed by atoms with Crippen LogP contribution in [-0.2, 0) is 9.53 Å². The van der Waals surface area contributed by atoms with Crippen molar-refractivity contribution < 1.29 is 13.9 Å². The molecule has 0 aromatic carbocycles. The zero-order chi connectivity index (χ0) is 11.5. The lowest BCUT2D eigenvalue weighted by molar-refractivity contribution is -0.142. The summed E-state index contributed by atoms with van der Waals surface area (Å²) in [5, 5.41) is 3.65. The van der Waals surface area contributed by atoms with Crippen LogP contribution in [0.15, 0.2) is 22.8 Å². The zero-order valence-electron chi connectivity index (χ0n) is 9.30. The van der Waals surface area contributed by atoms with Crippen LogP contribution < -0.4 is 5.32 Å². The maximum Gasteiger partial charge on any atom is 0.323 e. The summed E-state index contributed by atoms with van der Waals surface area (Å²) >= 11 is 1.75. The molecule has 1 saturated heterocycles. The topological polar surface area (TPSA) is 51.5 Å². The van der Waals surface area contributed by atoms with E-state index in [4.69, 9.17) is 9.15 Å². The van der Waals surface area contributed by atoms with Gasteiger partial charge in [-0.25, -0.2) is 0 Å². The summed E-state index contributed by atoms with van der Waals surface area (Å²) in [5.41, 5.74) is 0. The molecule has 2 rings (SSSR count). The van der Waals surface area contributed by atoms with Gasteiger partial charge in [0, 0.05) is 11.0 Å². The SMILES string of the molecule is COC(=O)C1CSC(C)C(c2ccco2)N1. The highest BCUT2D eigenvalue weighted by Crippen LogP contribution is 2.31. The molecule has 2 heterocycles. The molecule has 0 aliphatic carbocycles. The predicted octanol–water partition coefficient (Wildman–Crippen LogP) is 1.59. The standard InChI is InChI=1S/C11H15NO3S/c1-7-10(9-4-3-5-15-9)12-8(6-16-7)11(13)14-2/h3-5,7-8,10,12H,6H2,1-2H3. The van der Waals surface area contributed by atoms with E-state index in [1.807, 2.05) is 12.1 Å². The van der Waals surface area contributed by atoms with Gasteiger partial charge in [-0.15, -0.1) is 0 Å². The van der Waals surface area contributed by atoms with E-state index in [1.54, 1.807) is 18.0 Å². The molecule has 1 aliphatic heterocycles. The molecule has 16 heavy (non-hydrogen) atoms. The second-order valence-corrected chi connectivity index (χ2v) is 5.18. The average molecular weight is 241 g/mol. The number of hydrogen-bond donors (Lipinski definition) is 1. The number of nitrogens with one attached hydrogen (secondary N) is 1. The van der Waals surface area contributed by atoms with Crippen LogP contribution >= 0.6 is 11.8 Å². The first-order valence-electron chi connectivity index (χ1n) is 5.21. The molecule has 88 valence electrons. The lowest BCUT2D eigenvalue weighted by Crippen LogP contribution is -2.48. The van der Waals surface area contributed by atoms with Gasteiger partial charge in [-0.2, -0.15) is 11.8 Å². The lowest BCUT2D eigenvalue weighted by Gasteiger charge is -2.32. The van der Waals surface area contributed by atoms with Crippen molar-refractivity contribution in [2.75, 3.05) is 12.9 Å². The normalized spacial score (nSPS) is 30.0. The van der Waals surface area contributed by atoms with Gasteiger partial charge in [0.2, 0.25) is 0 Å². The van der Waals surface area contributed by atoms with Crippen molar-refractivity contribution in [2.24, 2.45) is 0 Å². The molecule has 0 saturated carbocycles. The van der Waals surface area contributed by atoms with Crippen LogP contribution in [0.25, 0.3) is 0 Å². The number of hydrogen-bond acceptors (Lipinski definition) is 5. The van der Waals surface area contributed by atoms with Crippen molar-refractivity contribution in [3.8, 4) is 0 Å². The molecule has 0 spiro atoms. The maximum atomic E-state index is 11.5. The minimum absolute atomic E-state index is 0.0675. The lowest BCUT2D eigenvalue weighted by atomic mass is 10.1. The fourth-order valence-corrected chi connectivity index (χ4v) is 2.94. The highest BCUT2D eigenvalue weighted by atomic mass is 32.2. The minimum Gasteiger partial charge on any atom is -0.468 e. The molecule has 4 nitrogen and oxygen atoms in total. The summed E-state index contributed by atoms with van der Waals surface area (Å²) < 4.78 is 10.1. The first-order valence-corrected chi connectivity index (χ1v) is 6.26. The van der Waals surface area contributed by atoms with Gasteiger partial charge in [-0.05, 0) is 12.1 Å². The van der Waals surface area contributed by atoms with E-state index in [0.29, 0.717) is 5.25 Å². The van der Waals surface area contributed by atoms with Gasteiger partial charge in [-0.3, -0.25) is 10.1 Å². The molecule has 3 atom stereocenters. The van der Waals surface area contributed by atoms with Crippen LogP contribution in [0.4, 0.5) is 0 Å². The Labute approximate surface area is 98.7 Å². The highest BCUT2D eigenvalue weighted by Gasteiger charge is 2.34. The number of ether oxygens (including phenoxy) is 1. The summed E-state index contributed by atoms with van der Waals surface area (Å²) in [6.07, 6.45) is 1.65. The van der Waals surface area contributed by atoms with E-state index in [9.17, 15) is 4.79 Å². The largest absolute Gasteiger partial charge is 0.468 e. The second-order valence-electron chi connectivity index (χ2n) is 3.77. The summed E-state index contributed by atoms with van der Waals surface area (Å²) in [6.45, 7) is 2.12. The second kappa shape index (κ2) is 4.93. The van der Waals surface area contributed by atoms with Crippen molar-refractivity contribution in [1.82, 2.24) is 5.32 Å². The predicted molar refractivity (Wildman–Crippen MR) is 62.3 cm³/mol. The van der Waals surface area contributed by atoms with E-state index in [2.05, 4.69) is 12.2 Å². The van der Waals surface area contributed by atoms with E-state index >= 15 is 0 Å². The van der Waals surface area contributed by atoms with Crippen LogP contribution in [0.5, 0.6) is 0 Å². The number of rotatable bonds is 2. The van der Waals surface area contributed by atoms with Crippen LogP contribution in [0.2, 0.25) is 0 Å². The van der Waals surface area contributed by atoms with Crippen LogP contribution in [0.3, 0.4) is 0 Å². The summed E-state index contributed by atoms with van der Waals surface area (Å²) in [6, 6.07) is 3.60. The fourth-order valence-electron chi connectivity index (χ4n) is 1.80. The molecule has 5 heteroatoms. The van der Waals surface area contributed by atoms with E-state index in [-0.39, 0.29) is 18.1 Å². The van der Waals surface area contributed by atoms with Crippen molar-refractivity contribution >= 4 is 17.7 Å². The molecule has 1 N–H and O–H groups in total. The van der Waals surface area contributed by atoms with Gasteiger partial charge in [-0.1, -0.05) is 6.92 Å². The van der Waals surface area contributed by atoms with Crippen LogP contribution in [0.1, 0.15) is 18.7 Å². The van der Waals surface area contributed by atoms with Gasteiger partial charge in [0.1, 0.15) is 11.8 Å². The van der Waals surface area contributed by atoms with Crippen molar-refractivity contribution in [3.63, 3.8) is 0 Å². The Bertz CT molecular complexity index is 352. The maximum absolute atomic E-state index is 11.5. The van der Waals surface area contributed by atoms with Gasteiger partial charge in [0.05, 0.1) is 19.4 Å². The first-order chi connectivity index (χ1) is 7.72. The first kappa shape index (κ1) is 11.5. The zero-order valence-corrected chi connectivity index (χ0v) is 10.1. The van der Waals surface area contributed by atoms with E-state index in [0.717, 1.165) is 11.5 Å². The number of methoxy groups -OCH3 is 1. The van der Waals surface area contributed by atoms with Gasteiger partial charge in [0.15, 0.2) is 0 Å². The van der Waals surface area contributed by atoms with Crippen molar-refractivity contribution in [2.45, 2.75) is 24.3 Å². The third kappa shape index (κ3) is 2.25. The number of thioether (sulfide) groups is 1. The Morgan fingerprint density at radius 1 is 1.69 bits per heavy atom. The molecule has 1 aliphatic rings. The summed E-state index contributed by atoms with van der Waals surface area (Å²) in [5.74, 6) is 1.40. The minimum atomic E-state index is -0.249. The molecular weight excluding hydrogens is 226 g/mol. The van der Waals surface area contributed by atoms with E-state index in [1.165, 1.54) is 7.11 Å². The Kier molecular flexibility index (Phi) is 3.56. The number of furan rings is 1. The van der Waals surface area contributed by atoms with Crippen LogP contribution in [-0.4, -0.2) is 30.1 Å². The van der Waals surface area contributed by atoms with Gasteiger partial charge < -0.3 is 9.15 Å². The van der Waals surface area contributed by atoms with Gasteiger partial charge >= 0.3 is 5.97 Å². The third-order valence-electron chi connectivity index (χ3n) is 2.71. The smallest absolute Gasteiger partial charge is 0.323 e. The third-order valence-corrected chi connectivity index (χ3v) is 4.04. The van der Waals surface area contributed by atoms with Crippen molar-refractivity contribution in [1.29, 1.82) is 0 Å². The Morgan fingerprint density at radius 3 is 3.12 bits per heavy atom. The quantitative estimate of drug-likeness (QED) is 0.797. The van der Waals surface area contributed by atoms with E-state index < -0.39 is 0 Å². The molecule has 1 fully saturated rings. The molecule has 3 unspecified atom stereocenters. The monoisotopic (exact) mass is 241 g/mol. The summed E-state index contributed by atoms with van der Waals surface area (Å²) in [4.78, 5) is 11.5. The molecule has 1 aromatic heterocycles. The molecule has 0 bridgehead atoms. The number of carbonyl (C=O) groups is 1. The Morgan fingerprint density at radius 2 is 2.50 bits per heavy atom. The average Bonchev–Trinajstić information content (AvgIpc) is 2.82. The van der Waals surface area contributed by atoms with Crippen molar-refractivity contribution in [3.05, 3.63) is 24.2 Å². The molecular formula is C11H15NO3S. The Hall–Kier alpha value is -0.940. The highest BCUT2D eigenvalue weighted by molar-refractivity contribution is 8.00. The molecule has 1 aromatic rings. The number of carbonyl (C=O) groups excluding carboxylic acids is 1. The Balaban J connectivity index is 2.09. The summed E-state index contributed by atoms with van der Waals surface area (Å²) in [7, 11) is 1.41. The molecule has 0 amide bonds. The number of esters is 1.